The van der Waals surface area contributed by atoms with Crippen LogP contribution < -0.4 is 5.73 Å². The smallest absolute Gasteiger partial charge is 0.124 e. The van der Waals surface area contributed by atoms with Crippen molar-refractivity contribution >= 4 is 33.9 Å². The number of allylic oxidation sites excluding steroid dienone is 1. The molecule has 2 rings (SSSR count). The van der Waals surface area contributed by atoms with E-state index in [1.807, 2.05) is 22.6 Å². The van der Waals surface area contributed by atoms with Crippen LogP contribution >= 0.6 is 22.6 Å². The average molecular weight is 365 g/mol. The van der Waals surface area contributed by atoms with Crippen LogP contribution in [0.5, 0.6) is 0 Å². The van der Waals surface area contributed by atoms with Crippen LogP contribution in [0.1, 0.15) is 11.1 Å². The van der Waals surface area contributed by atoms with Crippen molar-refractivity contribution in [1.29, 1.82) is 5.26 Å². The van der Waals surface area contributed by atoms with Gasteiger partial charge in [0.1, 0.15) is 11.9 Å². The molecule has 0 aliphatic carbocycles. The van der Waals surface area contributed by atoms with Crippen LogP contribution in [-0.2, 0) is 0 Å². The number of hydrogen-bond donors (Lipinski definition) is 1. The van der Waals surface area contributed by atoms with Crippen LogP contribution in [0.4, 0.5) is 4.39 Å². The molecule has 2 aromatic rings. The number of rotatable bonds is 2. The summed E-state index contributed by atoms with van der Waals surface area (Å²) in [7, 11) is 0. The lowest BCUT2D eigenvalue weighted by molar-refractivity contribution is 0.626. The minimum absolute atomic E-state index is 0.319. The Bertz CT molecular complexity index is 675. The van der Waals surface area contributed by atoms with E-state index in [0.717, 1.165) is 0 Å². The van der Waals surface area contributed by atoms with Crippen molar-refractivity contribution in [3.63, 3.8) is 0 Å². The normalized spacial score (nSPS) is 11.6. The molecule has 0 unspecified atom stereocenters. The minimum Gasteiger partial charge on any atom is -0.397 e. The van der Waals surface area contributed by atoms with Crippen LogP contribution in [0.15, 0.2) is 42.7 Å². The van der Waals surface area contributed by atoms with Gasteiger partial charge in [-0.1, -0.05) is 6.07 Å². The van der Waals surface area contributed by atoms with Crippen molar-refractivity contribution in [3.05, 3.63) is 63.2 Å². The summed E-state index contributed by atoms with van der Waals surface area (Å²) >= 11 is 1.99. The first-order valence-corrected chi connectivity index (χ1v) is 6.47. The summed E-state index contributed by atoms with van der Waals surface area (Å²) in [5, 5.41) is 9.26. The highest BCUT2D eigenvalue weighted by atomic mass is 127. The molecule has 1 aromatic carbocycles. The fourth-order valence-corrected chi connectivity index (χ4v) is 2.40. The zero-order valence-corrected chi connectivity index (χ0v) is 11.9. The summed E-state index contributed by atoms with van der Waals surface area (Å²) in [5.74, 6) is -0.333. The van der Waals surface area contributed by atoms with E-state index in [1.165, 1.54) is 12.1 Å². The summed E-state index contributed by atoms with van der Waals surface area (Å²) in [6.45, 7) is 0. The molecule has 3 nitrogen and oxygen atoms in total. The van der Waals surface area contributed by atoms with Gasteiger partial charge in [-0.05, 0) is 46.9 Å². The van der Waals surface area contributed by atoms with Gasteiger partial charge in [0, 0.05) is 27.1 Å². The van der Waals surface area contributed by atoms with Gasteiger partial charge in [0.25, 0.3) is 0 Å². The first-order chi connectivity index (χ1) is 9.13. The summed E-state index contributed by atoms with van der Waals surface area (Å²) in [6.07, 6.45) is 3.19. The molecule has 0 aliphatic rings. The third-order valence-corrected chi connectivity index (χ3v) is 3.45. The van der Waals surface area contributed by atoms with Gasteiger partial charge in [-0.25, -0.2) is 4.39 Å². The van der Waals surface area contributed by atoms with E-state index in [9.17, 15) is 9.65 Å². The number of aromatic nitrogens is 1. The van der Waals surface area contributed by atoms with Gasteiger partial charge in [0.2, 0.25) is 0 Å². The van der Waals surface area contributed by atoms with E-state index in [4.69, 9.17) is 5.73 Å². The maximum Gasteiger partial charge on any atom is 0.124 e. The van der Waals surface area contributed by atoms with Crippen molar-refractivity contribution in [1.82, 2.24) is 4.98 Å². The molecule has 19 heavy (non-hydrogen) atoms. The summed E-state index contributed by atoms with van der Waals surface area (Å²) in [4.78, 5) is 3.96. The Kier molecular flexibility index (Phi) is 4.12. The number of halogens is 2. The number of hydrogen-bond acceptors (Lipinski definition) is 3. The summed E-state index contributed by atoms with van der Waals surface area (Å²) < 4.78 is 13.7. The molecule has 0 saturated carbocycles. The third-order valence-electron chi connectivity index (χ3n) is 2.55. The second-order valence-corrected chi connectivity index (χ2v) is 4.93. The largest absolute Gasteiger partial charge is 0.397 e. The number of nitrogens with zero attached hydrogens (tertiary/aromatic N) is 2. The standard InChI is InChI=1S/C14H9FIN3/c15-10-3-4-11(13(16)6-10)14(18)12(7-17)9-2-1-5-19-8-9/h1-6,8H,18H2/b14-12-. The molecule has 94 valence electrons. The highest BCUT2D eigenvalue weighted by molar-refractivity contribution is 14.1. The first-order valence-electron chi connectivity index (χ1n) is 5.39. The molecule has 0 fully saturated rings. The van der Waals surface area contributed by atoms with Gasteiger partial charge in [0.05, 0.1) is 11.3 Å². The lowest BCUT2D eigenvalue weighted by Gasteiger charge is -2.08. The van der Waals surface area contributed by atoms with E-state index >= 15 is 0 Å². The Morgan fingerprint density at radius 3 is 2.74 bits per heavy atom. The molecule has 0 aliphatic heterocycles. The quantitative estimate of drug-likeness (QED) is 0.657. The van der Waals surface area contributed by atoms with E-state index in [-0.39, 0.29) is 5.82 Å². The van der Waals surface area contributed by atoms with Gasteiger partial charge in [0.15, 0.2) is 0 Å². The van der Waals surface area contributed by atoms with Crippen molar-refractivity contribution < 1.29 is 4.39 Å². The molecule has 0 bridgehead atoms. The molecule has 0 radical (unpaired) electrons. The molecule has 5 heteroatoms. The highest BCUT2D eigenvalue weighted by Gasteiger charge is 2.11. The zero-order chi connectivity index (χ0) is 13.8. The molecular formula is C14H9FIN3. The van der Waals surface area contributed by atoms with Gasteiger partial charge < -0.3 is 5.73 Å². The lowest BCUT2D eigenvalue weighted by Crippen LogP contribution is -2.03. The van der Waals surface area contributed by atoms with Gasteiger partial charge in [-0.2, -0.15) is 5.26 Å². The Hall–Kier alpha value is -1.94. The van der Waals surface area contributed by atoms with Gasteiger partial charge in [-0.15, -0.1) is 0 Å². The Morgan fingerprint density at radius 1 is 1.37 bits per heavy atom. The van der Waals surface area contributed by atoms with Crippen LogP contribution in [0.2, 0.25) is 0 Å². The molecule has 1 aromatic heterocycles. The van der Waals surface area contributed by atoms with Crippen LogP contribution in [0.25, 0.3) is 11.3 Å². The molecule has 0 spiro atoms. The lowest BCUT2D eigenvalue weighted by atomic mass is 10.0. The van der Waals surface area contributed by atoms with Crippen molar-refractivity contribution in [2.45, 2.75) is 0 Å². The minimum atomic E-state index is -0.333. The second kappa shape index (κ2) is 5.80. The van der Waals surface area contributed by atoms with Gasteiger partial charge >= 0.3 is 0 Å². The van der Waals surface area contributed by atoms with Gasteiger partial charge in [-0.3, -0.25) is 4.98 Å². The average Bonchev–Trinajstić information content (AvgIpc) is 2.40. The predicted octanol–water partition coefficient (Wildman–Crippen LogP) is 3.18. The molecule has 0 atom stereocenters. The summed E-state index contributed by atoms with van der Waals surface area (Å²) in [5.41, 5.74) is 7.97. The number of nitrogens with two attached hydrogens (primary N) is 1. The Balaban J connectivity index is 2.59. The van der Waals surface area contributed by atoms with Crippen LogP contribution in [-0.4, -0.2) is 4.98 Å². The Morgan fingerprint density at radius 2 is 2.16 bits per heavy atom. The molecular weight excluding hydrogens is 356 g/mol. The maximum absolute atomic E-state index is 13.1. The molecule has 0 saturated heterocycles. The Labute approximate surface area is 123 Å². The molecule has 1 heterocycles. The van der Waals surface area contributed by atoms with E-state index in [2.05, 4.69) is 11.1 Å². The number of nitriles is 1. The molecule has 0 amide bonds. The SMILES string of the molecule is N#C/C(=C(/N)c1ccc(F)cc1I)c1cccnc1. The second-order valence-electron chi connectivity index (χ2n) is 3.77. The highest BCUT2D eigenvalue weighted by Crippen LogP contribution is 2.25. The maximum atomic E-state index is 13.1. The van der Waals surface area contributed by atoms with Crippen LogP contribution in [0, 0.1) is 20.7 Å². The number of benzene rings is 1. The van der Waals surface area contributed by atoms with Crippen molar-refractivity contribution in [2.24, 2.45) is 5.73 Å². The third kappa shape index (κ3) is 2.90. The van der Waals surface area contributed by atoms with E-state index in [0.29, 0.717) is 26.0 Å². The van der Waals surface area contributed by atoms with Crippen molar-refractivity contribution in [2.75, 3.05) is 0 Å². The van der Waals surface area contributed by atoms with Crippen LogP contribution in [0.3, 0.4) is 0 Å². The predicted molar refractivity (Wildman–Crippen MR) is 80.0 cm³/mol. The van der Waals surface area contributed by atoms with Crippen molar-refractivity contribution in [3.8, 4) is 6.07 Å². The monoisotopic (exact) mass is 365 g/mol. The fourth-order valence-electron chi connectivity index (χ4n) is 1.63. The topological polar surface area (TPSA) is 62.7 Å². The first kappa shape index (κ1) is 13.5. The molecule has 2 N–H and O–H groups in total. The van der Waals surface area contributed by atoms with E-state index < -0.39 is 0 Å². The zero-order valence-electron chi connectivity index (χ0n) is 9.77. The fraction of sp³-hybridized carbons (Fsp3) is 0. The summed E-state index contributed by atoms with van der Waals surface area (Å²) in [6, 6.07) is 9.83. The number of pyridine rings is 1. The van der Waals surface area contributed by atoms with E-state index in [1.54, 1.807) is 30.6 Å².